The van der Waals surface area contributed by atoms with Gasteiger partial charge in [-0.3, -0.25) is 4.68 Å². The molecule has 1 aromatic heterocycles. The lowest BCUT2D eigenvalue weighted by molar-refractivity contribution is 0.359. The second-order valence-corrected chi connectivity index (χ2v) is 4.77. The molecule has 0 radical (unpaired) electrons. The van der Waals surface area contributed by atoms with Crippen LogP contribution >= 0.6 is 11.6 Å². The molecule has 1 atom stereocenters. The van der Waals surface area contributed by atoms with E-state index in [1.807, 2.05) is 11.7 Å². The van der Waals surface area contributed by atoms with Gasteiger partial charge in [-0.25, -0.2) is 4.98 Å². The molecule has 0 aliphatic heterocycles. The second kappa shape index (κ2) is 4.97. The minimum Gasteiger partial charge on any atom is -0.253 e. The fourth-order valence-electron chi connectivity index (χ4n) is 2.52. The Morgan fingerprint density at radius 3 is 2.80 bits per heavy atom. The molecule has 0 aromatic carbocycles. The predicted molar refractivity (Wildman–Crippen MR) is 60.9 cm³/mol. The highest BCUT2D eigenvalue weighted by molar-refractivity contribution is 6.18. The van der Waals surface area contributed by atoms with Crippen LogP contribution < -0.4 is 0 Å². The first-order valence-corrected chi connectivity index (χ1v) is 6.23. The van der Waals surface area contributed by atoms with Crippen molar-refractivity contribution >= 4 is 11.6 Å². The van der Waals surface area contributed by atoms with Gasteiger partial charge >= 0.3 is 0 Å². The molecule has 1 heterocycles. The maximum atomic E-state index is 6.06. The van der Waals surface area contributed by atoms with E-state index in [0.29, 0.717) is 5.92 Å². The molecule has 3 nitrogen and oxygen atoms in total. The number of rotatable bonds is 4. The summed E-state index contributed by atoms with van der Waals surface area (Å²) in [6.07, 6.45) is 8.03. The summed E-state index contributed by atoms with van der Waals surface area (Å²) in [6.45, 7) is 0. The molecule has 1 saturated carbocycles. The molecule has 1 fully saturated rings. The van der Waals surface area contributed by atoms with Crippen LogP contribution in [0.4, 0.5) is 0 Å². The molecule has 0 amide bonds. The van der Waals surface area contributed by atoms with Gasteiger partial charge in [-0.15, -0.1) is 11.6 Å². The molecule has 0 bridgehead atoms. The van der Waals surface area contributed by atoms with E-state index in [1.165, 1.54) is 25.7 Å². The second-order valence-electron chi connectivity index (χ2n) is 4.46. The topological polar surface area (TPSA) is 30.7 Å². The van der Waals surface area contributed by atoms with Crippen LogP contribution in [-0.4, -0.2) is 20.6 Å². The van der Waals surface area contributed by atoms with Gasteiger partial charge in [-0.2, -0.15) is 5.10 Å². The average molecular weight is 228 g/mol. The Morgan fingerprint density at radius 1 is 1.53 bits per heavy atom. The lowest BCUT2D eigenvalue weighted by atomic mass is 9.89. The molecule has 4 heteroatoms. The number of alkyl halides is 1. The molecular formula is C11H18ClN3. The molecule has 2 rings (SSSR count). The summed E-state index contributed by atoms with van der Waals surface area (Å²) in [5.41, 5.74) is 0. The molecule has 1 unspecified atom stereocenters. The van der Waals surface area contributed by atoms with Crippen LogP contribution in [0.15, 0.2) is 6.33 Å². The first kappa shape index (κ1) is 10.9. The highest BCUT2D eigenvalue weighted by Crippen LogP contribution is 2.33. The van der Waals surface area contributed by atoms with Gasteiger partial charge in [-0.05, 0) is 11.8 Å². The molecule has 84 valence electrons. The number of halogens is 1. The van der Waals surface area contributed by atoms with E-state index in [4.69, 9.17) is 11.6 Å². The predicted octanol–water partition coefficient (Wildman–Crippen LogP) is 2.40. The number of aryl methyl sites for hydroxylation is 1. The summed E-state index contributed by atoms with van der Waals surface area (Å²) in [4.78, 5) is 4.27. The van der Waals surface area contributed by atoms with Crippen molar-refractivity contribution in [2.45, 2.75) is 32.1 Å². The van der Waals surface area contributed by atoms with E-state index in [-0.39, 0.29) is 0 Å². The maximum Gasteiger partial charge on any atom is 0.138 e. The van der Waals surface area contributed by atoms with E-state index < -0.39 is 0 Å². The maximum absolute atomic E-state index is 6.06. The lowest BCUT2D eigenvalue weighted by Crippen LogP contribution is -2.18. The summed E-state index contributed by atoms with van der Waals surface area (Å²) < 4.78 is 1.86. The van der Waals surface area contributed by atoms with Crippen LogP contribution in [0.25, 0.3) is 0 Å². The van der Waals surface area contributed by atoms with E-state index in [1.54, 1.807) is 6.33 Å². The Balaban J connectivity index is 1.98. The molecule has 0 saturated heterocycles. The normalized spacial score (nSPS) is 19.6. The zero-order chi connectivity index (χ0) is 10.7. The lowest BCUT2D eigenvalue weighted by Gasteiger charge is -2.20. The van der Waals surface area contributed by atoms with Crippen molar-refractivity contribution in [1.29, 1.82) is 0 Å². The summed E-state index contributed by atoms with van der Waals surface area (Å²) in [7, 11) is 1.95. The van der Waals surface area contributed by atoms with Crippen molar-refractivity contribution in [2.75, 3.05) is 5.88 Å². The van der Waals surface area contributed by atoms with Crippen LogP contribution in [0.1, 0.15) is 31.5 Å². The molecule has 1 aromatic rings. The minimum absolute atomic E-state index is 0.581. The van der Waals surface area contributed by atoms with Crippen LogP contribution in [-0.2, 0) is 13.5 Å². The van der Waals surface area contributed by atoms with Crippen molar-refractivity contribution in [1.82, 2.24) is 14.8 Å². The Kier molecular flexibility index (Phi) is 3.62. The van der Waals surface area contributed by atoms with Crippen LogP contribution in [0.2, 0.25) is 0 Å². The van der Waals surface area contributed by atoms with Crippen molar-refractivity contribution in [3.05, 3.63) is 12.2 Å². The highest BCUT2D eigenvalue weighted by atomic mass is 35.5. The van der Waals surface area contributed by atoms with Gasteiger partial charge in [0.1, 0.15) is 12.2 Å². The number of hydrogen-bond donors (Lipinski definition) is 0. The molecule has 15 heavy (non-hydrogen) atoms. The van der Waals surface area contributed by atoms with Gasteiger partial charge in [0.25, 0.3) is 0 Å². The van der Waals surface area contributed by atoms with Crippen LogP contribution in [0.5, 0.6) is 0 Å². The Bertz CT molecular complexity index is 305. The number of hydrogen-bond acceptors (Lipinski definition) is 2. The number of nitrogens with zero attached hydrogens (tertiary/aromatic N) is 3. The van der Waals surface area contributed by atoms with E-state index >= 15 is 0 Å². The number of aromatic nitrogens is 3. The molecule has 1 aliphatic rings. The van der Waals surface area contributed by atoms with Crippen molar-refractivity contribution < 1.29 is 0 Å². The third-order valence-corrected chi connectivity index (χ3v) is 3.91. The largest absolute Gasteiger partial charge is 0.253 e. The summed E-state index contributed by atoms with van der Waals surface area (Å²) >= 11 is 6.06. The van der Waals surface area contributed by atoms with Crippen molar-refractivity contribution in [2.24, 2.45) is 18.9 Å². The summed E-state index contributed by atoms with van der Waals surface area (Å²) in [5, 5.41) is 4.09. The zero-order valence-electron chi connectivity index (χ0n) is 9.19. The monoisotopic (exact) mass is 227 g/mol. The summed E-state index contributed by atoms with van der Waals surface area (Å²) in [5.74, 6) is 3.20. The Hall–Kier alpha value is -0.570. The molecular weight excluding hydrogens is 210 g/mol. The zero-order valence-corrected chi connectivity index (χ0v) is 9.95. The molecule has 0 spiro atoms. The summed E-state index contributed by atoms with van der Waals surface area (Å²) in [6, 6.07) is 0. The minimum atomic E-state index is 0.581. The van der Waals surface area contributed by atoms with Crippen molar-refractivity contribution in [3.63, 3.8) is 0 Å². The fourth-order valence-corrected chi connectivity index (χ4v) is 2.88. The highest BCUT2D eigenvalue weighted by Gasteiger charge is 2.25. The fraction of sp³-hybridized carbons (Fsp3) is 0.818. The Labute approximate surface area is 95.8 Å². The Morgan fingerprint density at radius 2 is 2.27 bits per heavy atom. The smallest absolute Gasteiger partial charge is 0.138 e. The standard InChI is InChI=1S/C11H18ClN3/c1-15-11(13-8-14-15)6-10(7-12)9-4-2-3-5-9/h8-10H,2-7H2,1H3. The van der Waals surface area contributed by atoms with Gasteiger partial charge < -0.3 is 0 Å². The van der Waals surface area contributed by atoms with Gasteiger partial charge in [0.05, 0.1) is 0 Å². The van der Waals surface area contributed by atoms with E-state index in [9.17, 15) is 0 Å². The third-order valence-electron chi connectivity index (χ3n) is 3.51. The third kappa shape index (κ3) is 2.51. The van der Waals surface area contributed by atoms with E-state index in [2.05, 4.69) is 10.1 Å². The van der Waals surface area contributed by atoms with E-state index in [0.717, 1.165) is 24.0 Å². The SMILES string of the molecule is Cn1ncnc1CC(CCl)C1CCCC1. The average Bonchev–Trinajstić information content (AvgIpc) is 2.86. The van der Waals surface area contributed by atoms with Gasteiger partial charge in [-0.1, -0.05) is 25.7 Å². The van der Waals surface area contributed by atoms with Crippen LogP contribution in [0, 0.1) is 11.8 Å². The van der Waals surface area contributed by atoms with Gasteiger partial charge in [0.2, 0.25) is 0 Å². The first-order valence-electron chi connectivity index (χ1n) is 5.70. The molecule has 1 aliphatic carbocycles. The molecule has 0 N–H and O–H groups in total. The quantitative estimate of drug-likeness (QED) is 0.740. The first-order chi connectivity index (χ1) is 7.31. The van der Waals surface area contributed by atoms with Crippen molar-refractivity contribution in [3.8, 4) is 0 Å². The van der Waals surface area contributed by atoms with Crippen LogP contribution in [0.3, 0.4) is 0 Å². The van der Waals surface area contributed by atoms with Gasteiger partial charge in [0.15, 0.2) is 0 Å². The van der Waals surface area contributed by atoms with Gasteiger partial charge in [0, 0.05) is 19.3 Å².